The van der Waals surface area contributed by atoms with Gasteiger partial charge in [-0.05, 0) is 80.9 Å². The first-order valence-corrected chi connectivity index (χ1v) is 10.6. The molecule has 32 heavy (non-hydrogen) atoms. The van der Waals surface area contributed by atoms with E-state index >= 15 is 0 Å². The molecule has 0 saturated carbocycles. The Kier molecular flexibility index (Phi) is 7.72. The molecule has 0 radical (unpaired) electrons. The fraction of sp³-hybridized carbons (Fsp3) is 0.250. The maximum absolute atomic E-state index is 5.55. The molecule has 7 nitrogen and oxygen atoms in total. The molecule has 0 atom stereocenters. The molecule has 0 aliphatic rings. The minimum absolute atomic E-state index is 0.417. The van der Waals surface area contributed by atoms with Gasteiger partial charge in [0.2, 0.25) is 11.9 Å². The fourth-order valence-electron chi connectivity index (χ4n) is 3.07. The SMILES string of the molecule is COc1cccc(CN=C(NC(=S)Nc2cc(C)ccc2C)Nc2nc(C)cc(C)n2)c1. The summed E-state index contributed by atoms with van der Waals surface area (Å²) in [7, 11) is 1.64. The Morgan fingerprint density at radius 3 is 2.44 bits per heavy atom. The van der Waals surface area contributed by atoms with Gasteiger partial charge in [-0.15, -0.1) is 0 Å². The van der Waals surface area contributed by atoms with E-state index in [4.69, 9.17) is 17.0 Å². The molecule has 0 fully saturated rings. The number of ether oxygens (including phenoxy) is 1. The standard InChI is InChI=1S/C24H28N6OS/c1-15-9-10-16(2)21(11-15)28-24(32)30-22(29-23-26-17(3)12-18(4)27-23)25-14-19-7-6-8-20(13-19)31-5/h6-13H,14H2,1-5H3,(H3,25,26,27,28,29,30,32). The van der Waals surface area contributed by atoms with Crippen LogP contribution in [0.15, 0.2) is 53.5 Å². The van der Waals surface area contributed by atoms with E-state index in [1.807, 2.05) is 58.0 Å². The molecule has 3 rings (SSSR count). The van der Waals surface area contributed by atoms with Gasteiger partial charge in [-0.25, -0.2) is 15.0 Å². The molecule has 1 aromatic heterocycles. The second kappa shape index (κ2) is 10.7. The number of methoxy groups -OCH3 is 1. The van der Waals surface area contributed by atoms with E-state index in [-0.39, 0.29) is 0 Å². The summed E-state index contributed by atoms with van der Waals surface area (Å²) < 4.78 is 5.30. The van der Waals surface area contributed by atoms with E-state index < -0.39 is 0 Å². The van der Waals surface area contributed by atoms with Crippen LogP contribution >= 0.6 is 12.2 Å². The van der Waals surface area contributed by atoms with Gasteiger partial charge < -0.3 is 15.4 Å². The van der Waals surface area contributed by atoms with Gasteiger partial charge in [-0.1, -0.05) is 24.3 Å². The first kappa shape index (κ1) is 23.1. The van der Waals surface area contributed by atoms with E-state index in [0.29, 0.717) is 23.6 Å². The number of nitrogens with one attached hydrogen (secondary N) is 3. The lowest BCUT2D eigenvalue weighted by Crippen LogP contribution is -2.39. The van der Waals surface area contributed by atoms with Gasteiger partial charge in [0.05, 0.1) is 13.7 Å². The lowest BCUT2D eigenvalue weighted by molar-refractivity contribution is 0.414. The monoisotopic (exact) mass is 448 g/mol. The van der Waals surface area contributed by atoms with Crippen LogP contribution in [0.3, 0.4) is 0 Å². The van der Waals surface area contributed by atoms with Crippen LogP contribution in [0.25, 0.3) is 0 Å². The quantitative estimate of drug-likeness (QED) is 0.297. The molecular formula is C24H28N6OS. The highest BCUT2D eigenvalue weighted by atomic mass is 32.1. The molecule has 0 aliphatic carbocycles. The van der Waals surface area contributed by atoms with Crippen LogP contribution in [0.1, 0.15) is 28.1 Å². The number of hydrogen-bond donors (Lipinski definition) is 3. The predicted octanol–water partition coefficient (Wildman–Crippen LogP) is 4.67. The average molecular weight is 449 g/mol. The summed E-state index contributed by atoms with van der Waals surface area (Å²) in [6.45, 7) is 8.34. The third-order valence-corrected chi connectivity index (χ3v) is 4.84. The fourth-order valence-corrected chi connectivity index (χ4v) is 3.28. The summed E-state index contributed by atoms with van der Waals surface area (Å²) in [5, 5.41) is 9.97. The van der Waals surface area contributed by atoms with Crippen LogP contribution in [0.4, 0.5) is 11.6 Å². The zero-order chi connectivity index (χ0) is 23.1. The van der Waals surface area contributed by atoms with Gasteiger partial charge in [0.15, 0.2) is 5.11 Å². The van der Waals surface area contributed by atoms with Gasteiger partial charge in [0.1, 0.15) is 5.75 Å². The highest BCUT2D eigenvalue weighted by Crippen LogP contribution is 2.16. The number of nitrogens with zero attached hydrogens (tertiary/aromatic N) is 3. The van der Waals surface area contributed by atoms with Gasteiger partial charge in [-0.3, -0.25) is 5.32 Å². The molecule has 166 valence electrons. The summed E-state index contributed by atoms with van der Waals surface area (Å²) in [5.74, 6) is 1.68. The largest absolute Gasteiger partial charge is 0.497 e. The van der Waals surface area contributed by atoms with Crippen molar-refractivity contribution in [3.8, 4) is 5.75 Å². The van der Waals surface area contributed by atoms with E-state index in [1.165, 1.54) is 0 Å². The number of thiocarbonyl (C=S) groups is 1. The normalized spacial score (nSPS) is 11.1. The molecule has 8 heteroatoms. The van der Waals surface area contributed by atoms with Crippen molar-refractivity contribution in [1.82, 2.24) is 15.3 Å². The number of hydrogen-bond acceptors (Lipinski definition) is 5. The van der Waals surface area contributed by atoms with Crippen LogP contribution in [0.2, 0.25) is 0 Å². The predicted molar refractivity (Wildman–Crippen MR) is 135 cm³/mol. The van der Waals surface area contributed by atoms with Gasteiger partial charge in [0, 0.05) is 17.1 Å². The first-order valence-electron chi connectivity index (χ1n) is 10.2. The van der Waals surface area contributed by atoms with Crippen molar-refractivity contribution in [3.05, 3.63) is 76.6 Å². The Morgan fingerprint density at radius 2 is 1.72 bits per heavy atom. The van der Waals surface area contributed by atoms with Crippen LogP contribution in [-0.2, 0) is 6.54 Å². The van der Waals surface area contributed by atoms with Crippen molar-refractivity contribution in [1.29, 1.82) is 0 Å². The Balaban J connectivity index is 1.81. The number of aliphatic imine (C=N–C) groups is 1. The van der Waals surface area contributed by atoms with E-state index in [2.05, 4.69) is 49.1 Å². The maximum Gasteiger partial charge on any atom is 0.229 e. The van der Waals surface area contributed by atoms with Crippen molar-refractivity contribution in [2.24, 2.45) is 4.99 Å². The second-order valence-corrected chi connectivity index (χ2v) is 7.92. The molecular weight excluding hydrogens is 420 g/mol. The third kappa shape index (κ3) is 6.75. The summed E-state index contributed by atoms with van der Waals surface area (Å²) in [6, 6.07) is 15.9. The molecule has 0 amide bonds. The zero-order valence-corrected chi connectivity index (χ0v) is 19.8. The number of guanidine groups is 1. The van der Waals surface area contributed by atoms with Crippen LogP contribution in [-0.4, -0.2) is 28.1 Å². The number of anilines is 2. The van der Waals surface area contributed by atoms with Crippen molar-refractivity contribution in [2.75, 3.05) is 17.7 Å². The molecule has 1 heterocycles. The highest BCUT2D eigenvalue weighted by Gasteiger charge is 2.09. The lowest BCUT2D eigenvalue weighted by Gasteiger charge is -2.16. The molecule has 3 N–H and O–H groups in total. The van der Waals surface area contributed by atoms with E-state index in [1.54, 1.807) is 7.11 Å². The number of rotatable bonds is 5. The van der Waals surface area contributed by atoms with Crippen molar-refractivity contribution >= 4 is 34.9 Å². The van der Waals surface area contributed by atoms with Crippen LogP contribution < -0.4 is 20.7 Å². The minimum atomic E-state index is 0.417. The first-order chi connectivity index (χ1) is 15.3. The second-order valence-electron chi connectivity index (χ2n) is 7.51. The Labute approximate surface area is 194 Å². The van der Waals surface area contributed by atoms with E-state index in [0.717, 1.165) is 39.5 Å². The van der Waals surface area contributed by atoms with Gasteiger partial charge >= 0.3 is 0 Å². The average Bonchev–Trinajstić information content (AvgIpc) is 2.74. The van der Waals surface area contributed by atoms with Crippen LogP contribution in [0, 0.1) is 27.7 Å². The Bertz CT molecular complexity index is 1120. The molecule has 3 aromatic rings. The smallest absolute Gasteiger partial charge is 0.229 e. The maximum atomic E-state index is 5.55. The van der Waals surface area contributed by atoms with E-state index in [9.17, 15) is 0 Å². The lowest BCUT2D eigenvalue weighted by atomic mass is 10.1. The van der Waals surface area contributed by atoms with Crippen LogP contribution in [0.5, 0.6) is 5.75 Å². The molecule has 0 saturated heterocycles. The molecule has 2 aromatic carbocycles. The number of aryl methyl sites for hydroxylation is 4. The van der Waals surface area contributed by atoms with Crippen molar-refractivity contribution in [2.45, 2.75) is 34.2 Å². The highest BCUT2D eigenvalue weighted by molar-refractivity contribution is 7.80. The minimum Gasteiger partial charge on any atom is -0.497 e. The summed E-state index contributed by atoms with van der Waals surface area (Å²) >= 11 is 5.55. The molecule has 0 bridgehead atoms. The van der Waals surface area contributed by atoms with Crippen molar-refractivity contribution in [3.63, 3.8) is 0 Å². The molecule has 0 aliphatic heterocycles. The molecule has 0 unspecified atom stereocenters. The van der Waals surface area contributed by atoms with Gasteiger partial charge in [0.25, 0.3) is 0 Å². The number of aromatic nitrogens is 2. The summed E-state index contributed by atoms with van der Waals surface area (Å²) in [6.07, 6.45) is 0. The molecule has 0 spiro atoms. The van der Waals surface area contributed by atoms with Crippen molar-refractivity contribution < 1.29 is 4.74 Å². The third-order valence-electron chi connectivity index (χ3n) is 4.64. The summed E-state index contributed by atoms with van der Waals surface area (Å²) in [4.78, 5) is 13.6. The Hall–Kier alpha value is -3.52. The summed E-state index contributed by atoms with van der Waals surface area (Å²) in [5.41, 5.74) is 5.92. The Morgan fingerprint density at radius 1 is 0.969 bits per heavy atom. The number of benzene rings is 2. The topological polar surface area (TPSA) is 83.5 Å². The zero-order valence-electron chi connectivity index (χ0n) is 19.0. The van der Waals surface area contributed by atoms with Gasteiger partial charge in [-0.2, -0.15) is 0 Å².